The van der Waals surface area contributed by atoms with Crippen LogP contribution in [0.5, 0.6) is 0 Å². The van der Waals surface area contributed by atoms with Crippen molar-refractivity contribution in [3.8, 4) is 0 Å². The molecule has 0 aliphatic carbocycles. The Hall–Kier alpha value is -1.98. The quantitative estimate of drug-likeness (QED) is 0.835. The van der Waals surface area contributed by atoms with Gasteiger partial charge >= 0.3 is 5.97 Å². The summed E-state index contributed by atoms with van der Waals surface area (Å²) in [5.74, 6) is -1.26. The highest BCUT2D eigenvalue weighted by Crippen LogP contribution is 2.18. The van der Waals surface area contributed by atoms with Crippen molar-refractivity contribution in [1.29, 1.82) is 0 Å². The Labute approximate surface area is 105 Å². The maximum absolute atomic E-state index is 12.1. The van der Waals surface area contributed by atoms with E-state index in [2.05, 4.69) is 9.97 Å². The molecule has 18 heavy (non-hydrogen) atoms. The highest BCUT2D eigenvalue weighted by molar-refractivity contribution is 5.92. The minimum Gasteiger partial charge on any atom is -0.481 e. The van der Waals surface area contributed by atoms with Gasteiger partial charge in [0, 0.05) is 18.8 Å². The minimum absolute atomic E-state index is 0.149. The molecule has 0 bridgehead atoms. The SMILES string of the molecule is Cc1cc(C(=O)N2CCC(C(=O)O)CC2)ncn1. The van der Waals surface area contributed by atoms with Crippen LogP contribution in [-0.2, 0) is 4.79 Å². The number of rotatable bonds is 2. The Morgan fingerprint density at radius 3 is 2.56 bits per heavy atom. The molecule has 6 heteroatoms. The zero-order valence-corrected chi connectivity index (χ0v) is 10.2. The van der Waals surface area contributed by atoms with E-state index in [0.717, 1.165) is 5.69 Å². The summed E-state index contributed by atoms with van der Waals surface area (Å²) in [5.41, 5.74) is 1.12. The third kappa shape index (κ3) is 2.64. The van der Waals surface area contributed by atoms with Crippen molar-refractivity contribution in [2.24, 2.45) is 5.92 Å². The van der Waals surface area contributed by atoms with Crippen LogP contribution in [0.3, 0.4) is 0 Å². The van der Waals surface area contributed by atoms with Crippen LogP contribution in [0.15, 0.2) is 12.4 Å². The van der Waals surface area contributed by atoms with E-state index in [-0.39, 0.29) is 11.8 Å². The minimum atomic E-state index is -0.778. The number of carbonyl (C=O) groups is 2. The number of nitrogens with zero attached hydrogens (tertiary/aromatic N) is 3. The van der Waals surface area contributed by atoms with Crippen molar-refractivity contribution < 1.29 is 14.7 Å². The van der Waals surface area contributed by atoms with E-state index in [1.165, 1.54) is 6.33 Å². The molecule has 1 N–H and O–H groups in total. The molecule has 1 aliphatic heterocycles. The van der Waals surface area contributed by atoms with E-state index >= 15 is 0 Å². The van der Waals surface area contributed by atoms with Crippen LogP contribution in [0, 0.1) is 12.8 Å². The van der Waals surface area contributed by atoms with Gasteiger partial charge in [-0.15, -0.1) is 0 Å². The summed E-state index contributed by atoms with van der Waals surface area (Å²) in [4.78, 5) is 32.5. The summed E-state index contributed by atoms with van der Waals surface area (Å²) < 4.78 is 0. The number of aromatic nitrogens is 2. The first-order valence-electron chi connectivity index (χ1n) is 5.88. The lowest BCUT2D eigenvalue weighted by Crippen LogP contribution is -2.40. The van der Waals surface area contributed by atoms with Crippen LogP contribution in [0.25, 0.3) is 0 Å². The van der Waals surface area contributed by atoms with E-state index in [1.54, 1.807) is 17.9 Å². The predicted octanol–water partition coefficient (Wildman–Crippen LogP) is 0.722. The van der Waals surface area contributed by atoms with E-state index < -0.39 is 5.97 Å². The number of hydrogen-bond acceptors (Lipinski definition) is 4. The zero-order valence-electron chi connectivity index (χ0n) is 10.2. The van der Waals surface area contributed by atoms with Crippen molar-refractivity contribution in [1.82, 2.24) is 14.9 Å². The summed E-state index contributed by atoms with van der Waals surface area (Å²) in [6.45, 7) is 2.74. The van der Waals surface area contributed by atoms with Gasteiger partial charge in [0.1, 0.15) is 12.0 Å². The summed E-state index contributed by atoms with van der Waals surface area (Å²) in [7, 11) is 0. The Balaban J connectivity index is 2.02. The van der Waals surface area contributed by atoms with Gasteiger partial charge < -0.3 is 10.0 Å². The van der Waals surface area contributed by atoms with Gasteiger partial charge in [-0.05, 0) is 25.8 Å². The van der Waals surface area contributed by atoms with Crippen LogP contribution < -0.4 is 0 Å². The molecule has 0 radical (unpaired) electrons. The first kappa shape index (κ1) is 12.5. The fraction of sp³-hybridized carbons (Fsp3) is 0.500. The monoisotopic (exact) mass is 249 g/mol. The average Bonchev–Trinajstić information content (AvgIpc) is 2.38. The Morgan fingerprint density at radius 2 is 2.00 bits per heavy atom. The molecular formula is C12H15N3O3. The smallest absolute Gasteiger partial charge is 0.306 e. The van der Waals surface area contributed by atoms with Gasteiger partial charge in [0.05, 0.1) is 5.92 Å². The molecule has 2 heterocycles. The third-order valence-electron chi connectivity index (χ3n) is 3.15. The maximum Gasteiger partial charge on any atom is 0.306 e. The number of piperidine rings is 1. The van der Waals surface area contributed by atoms with Crippen molar-refractivity contribution in [3.63, 3.8) is 0 Å². The Kier molecular flexibility index (Phi) is 3.55. The predicted molar refractivity (Wildman–Crippen MR) is 63.0 cm³/mol. The van der Waals surface area contributed by atoms with Gasteiger partial charge in [0.15, 0.2) is 0 Å². The van der Waals surface area contributed by atoms with Gasteiger partial charge in [-0.25, -0.2) is 9.97 Å². The lowest BCUT2D eigenvalue weighted by molar-refractivity contribution is -0.143. The fourth-order valence-corrected chi connectivity index (χ4v) is 2.06. The van der Waals surface area contributed by atoms with Gasteiger partial charge in [0.2, 0.25) is 0 Å². The van der Waals surface area contributed by atoms with Gasteiger partial charge in [-0.3, -0.25) is 9.59 Å². The summed E-state index contributed by atoms with van der Waals surface area (Å²) in [6.07, 6.45) is 2.38. The number of likely N-dealkylation sites (tertiary alicyclic amines) is 1. The van der Waals surface area contributed by atoms with E-state index in [9.17, 15) is 9.59 Å². The van der Waals surface area contributed by atoms with Gasteiger partial charge in [-0.1, -0.05) is 0 Å². The molecule has 1 amide bonds. The summed E-state index contributed by atoms with van der Waals surface area (Å²) in [5, 5.41) is 8.89. The maximum atomic E-state index is 12.1. The number of amides is 1. The number of hydrogen-bond donors (Lipinski definition) is 1. The highest BCUT2D eigenvalue weighted by Gasteiger charge is 2.27. The third-order valence-corrected chi connectivity index (χ3v) is 3.15. The van der Waals surface area contributed by atoms with Gasteiger partial charge in [0.25, 0.3) is 5.91 Å². The topological polar surface area (TPSA) is 83.4 Å². The Bertz CT molecular complexity index is 467. The molecule has 1 aromatic heterocycles. The van der Waals surface area contributed by atoms with Crippen molar-refractivity contribution >= 4 is 11.9 Å². The normalized spacial score (nSPS) is 16.6. The second-order valence-electron chi connectivity index (χ2n) is 4.45. The number of aliphatic carboxylic acids is 1. The second-order valence-corrected chi connectivity index (χ2v) is 4.45. The van der Waals surface area contributed by atoms with Crippen LogP contribution in [0.2, 0.25) is 0 Å². The molecule has 0 aromatic carbocycles. The second kappa shape index (κ2) is 5.12. The molecule has 96 valence electrons. The number of carboxylic acid groups (broad SMARTS) is 1. The number of aryl methyl sites for hydroxylation is 1. The highest BCUT2D eigenvalue weighted by atomic mass is 16.4. The molecule has 0 unspecified atom stereocenters. The number of carbonyl (C=O) groups excluding carboxylic acids is 1. The van der Waals surface area contributed by atoms with E-state index in [4.69, 9.17) is 5.11 Å². The summed E-state index contributed by atoms with van der Waals surface area (Å²) in [6, 6.07) is 1.64. The Morgan fingerprint density at radius 1 is 1.33 bits per heavy atom. The van der Waals surface area contributed by atoms with Crippen LogP contribution in [0.4, 0.5) is 0 Å². The van der Waals surface area contributed by atoms with Crippen molar-refractivity contribution in [2.45, 2.75) is 19.8 Å². The largest absolute Gasteiger partial charge is 0.481 e. The zero-order chi connectivity index (χ0) is 13.1. The lowest BCUT2D eigenvalue weighted by Gasteiger charge is -2.29. The van der Waals surface area contributed by atoms with Crippen molar-refractivity contribution in [3.05, 3.63) is 23.8 Å². The van der Waals surface area contributed by atoms with Crippen LogP contribution in [-0.4, -0.2) is 44.9 Å². The molecular weight excluding hydrogens is 234 g/mol. The molecule has 0 spiro atoms. The first-order chi connectivity index (χ1) is 8.58. The van der Waals surface area contributed by atoms with Crippen LogP contribution >= 0.6 is 0 Å². The molecule has 1 aromatic rings. The van der Waals surface area contributed by atoms with Crippen molar-refractivity contribution in [2.75, 3.05) is 13.1 Å². The van der Waals surface area contributed by atoms with Crippen LogP contribution in [0.1, 0.15) is 29.0 Å². The molecule has 6 nitrogen and oxygen atoms in total. The number of carboxylic acids is 1. The lowest BCUT2D eigenvalue weighted by atomic mass is 9.97. The molecule has 2 rings (SSSR count). The molecule has 0 atom stereocenters. The average molecular weight is 249 g/mol. The van der Waals surface area contributed by atoms with E-state index in [1.807, 2.05) is 0 Å². The van der Waals surface area contributed by atoms with Gasteiger partial charge in [-0.2, -0.15) is 0 Å². The molecule has 1 fully saturated rings. The molecule has 1 saturated heterocycles. The summed E-state index contributed by atoms with van der Waals surface area (Å²) >= 11 is 0. The standard InChI is InChI=1S/C12H15N3O3/c1-8-6-10(14-7-13-8)11(16)15-4-2-9(3-5-15)12(17)18/h6-7,9H,2-5H2,1H3,(H,17,18). The molecule has 1 aliphatic rings. The molecule has 0 saturated carbocycles. The van der Waals surface area contributed by atoms with E-state index in [0.29, 0.717) is 31.6 Å². The fourth-order valence-electron chi connectivity index (χ4n) is 2.06. The first-order valence-corrected chi connectivity index (χ1v) is 5.88.